The van der Waals surface area contributed by atoms with E-state index in [4.69, 9.17) is 5.26 Å². The summed E-state index contributed by atoms with van der Waals surface area (Å²) in [7, 11) is -3.51. The van der Waals surface area contributed by atoms with Gasteiger partial charge in [0.15, 0.2) is 5.25 Å². The molecule has 18 heavy (non-hydrogen) atoms. The summed E-state index contributed by atoms with van der Waals surface area (Å²) in [5.74, 6) is 0.247. The molecule has 4 nitrogen and oxygen atoms in total. The second-order valence-corrected chi connectivity index (χ2v) is 6.44. The Morgan fingerprint density at radius 3 is 2.67 bits per heavy atom. The van der Waals surface area contributed by atoms with Crippen LogP contribution in [0.4, 0.5) is 0 Å². The summed E-state index contributed by atoms with van der Waals surface area (Å²) in [6, 6.07) is 11.6. The van der Waals surface area contributed by atoms with Crippen LogP contribution in [0.15, 0.2) is 30.3 Å². The molecule has 2 rings (SSSR count). The standard InChI is InChI=1S/C13H16N2O2S/c1-2-11(9-14)18(16,17)15-13-8-12(13)10-6-4-3-5-7-10/h3-7,11-13,15H,2,8H2,1H3. The number of nitrogens with one attached hydrogen (secondary N) is 1. The van der Waals surface area contributed by atoms with Gasteiger partial charge in [-0.2, -0.15) is 5.26 Å². The zero-order valence-corrected chi connectivity index (χ0v) is 11.0. The largest absolute Gasteiger partial charge is 0.228 e. The maximum atomic E-state index is 11.9. The van der Waals surface area contributed by atoms with Gasteiger partial charge in [-0.15, -0.1) is 0 Å². The van der Waals surface area contributed by atoms with Gasteiger partial charge in [-0.25, -0.2) is 13.1 Å². The zero-order valence-electron chi connectivity index (χ0n) is 10.2. The Hall–Kier alpha value is -1.38. The predicted octanol–water partition coefficient (Wildman–Crippen LogP) is 1.76. The number of hydrogen-bond acceptors (Lipinski definition) is 3. The Balaban J connectivity index is 2.00. The van der Waals surface area contributed by atoms with E-state index in [2.05, 4.69) is 4.72 Å². The first-order valence-corrected chi connectivity index (χ1v) is 7.58. The molecule has 96 valence electrons. The summed E-state index contributed by atoms with van der Waals surface area (Å²) in [5, 5.41) is 7.86. The van der Waals surface area contributed by atoms with Gasteiger partial charge in [0.25, 0.3) is 0 Å². The Labute approximate surface area is 108 Å². The molecule has 0 heterocycles. The van der Waals surface area contributed by atoms with Gasteiger partial charge < -0.3 is 0 Å². The van der Waals surface area contributed by atoms with Crippen LogP contribution in [-0.4, -0.2) is 19.7 Å². The van der Waals surface area contributed by atoms with Gasteiger partial charge in [-0.1, -0.05) is 37.3 Å². The van der Waals surface area contributed by atoms with E-state index in [0.29, 0.717) is 6.42 Å². The predicted molar refractivity (Wildman–Crippen MR) is 69.3 cm³/mol. The number of nitrogens with zero attached hydrogens (tertiary/aromatic N) is 1. The molecule has 0 bridgehead atoms. The van der Waals surface area contributed by atoms with Gasteiger partial charge in [-0.3, -0.25) is 0 Å². The lowest BCUT2D eigenvalue weighted by Crippen LogP contribution is -2.35. The van der Waals surface area contributed by atoms with Crippen molar-refractivity contribution < 1.29 is 8.42 Å². The van der Waals surface area contributed by atoms with Crippen LogP contribution < -0.4 is 4.72 Å². The molecule has 5 heteroatoms. The first kappa shape index (κ1) is 13.1. The lowest BCUT2D eigenvalue weighted by Gasteiger charge is -2.09. The quantitative estimate of drug-likeness (QED) is 0.881. The van der Waals surface area contributed by atoms with E-state index >= 15 is 0 Å². The molecule has 3 unspecified atom stereocenters. The van der Waals surface area contributed by atoms with Crippen molar-refractivity contribution in [3.8, 4) is 6.07 Å². The molecular formula is C13H16N2O2S. The highest BCUT2D eigenvalue weighted by molar-refractivity contribution is 7.90. The van der Waals surface area contributed by atoms with Crippen molar-refractivity contribution in [3.05, 3.63) is 35.9 Å². The second-order valence-electron chi connectivity index (χ2n) is 4.55. The van der Waals surface area contributed by atoms with E-state index in [1.54, 1.807) is 6.92 Å². The molecule has 1 saturated carbocycles. The number of rotatable bonds is 5. The number of sulfonamides is 1. The van der Waals surface area contributed by atoms with Crippen LogP contribution in [0.3, 0.4) is 0 Å². The third-order valence-corrected chi connectivity index (χ3v) is 5.04. The smallest absolute Gasteiger partial charge is 0.211 e. The van der Waals surface area contributed by atoms with E-state index < -0.39 is 15.3 Å². The molecule has 1 N–H and O–H groups in total. The fraction of sp³-hybridized carbons (Fsp3) is 0.462. The zero-order chi connectivity index (χ0) is 13.2. The maximum absolute atomic E-state index is 11.9. The van der Waals surface area contributed by atoms with Gasteiger partial charge in [-0.05, 0) is 18.4 Å². The Kier molecular flexibility index (Phi) is 3.69. The molecule has 3 atom stereocenters. The lowest BCUT2D eigenvalue weighted by atomic mass is 10.1. The van der Waals surface area contributed by atoms with E-state index in [9.17, 15) is 8.42 Å². The van der Waals surface area contributed by atoms with Crippen molar-refractivity contribution in [2.45, 2.75) is 37.0 Å². The van der Waals surface area contributed by atoms with E-state index in [1.165, 1.54) is 0 Å². The fourth-order valence-corrected chi connectivity index (χ4v) is 3.49. The minimum Gasteiger partial charge on any atom is -0.211 e. The van der Waals surface area contributed by atoms with Crippen molar-refractivity contribution in [1.29, 1.82) is 5.26 Å². The van der Waals surface area contributed by atoms with Crippen molar-refractivity contribution in [2.24, 2.45) is 0 Å². The monoisotopic (exact) mass is 264 g/mol. The highest BCUT2D eigenvalue weighted by atomic mass is 32.2. The second kappa shape index (κ2) is 5.09. The molecule has 1 fully saturated rings. The van der Waals surface area contributed by atoms with Gasteiger partial charge >= 0.3 is 0 Å². The van der Waals surface area contributed by atoms with Crippen LogP contribution in [0.5, 0.6) is 0 Å². The average molecular weight is 264 g/mol. The number of nitriles is 1. The van der Waals surface area contributed by atoms with Crippen LogP contribution in [0, 0.1) is 11.3 Å². The summed E-state index contributed by atoms with van der Waals surface area (Å²) >= 11 is 0. The van der Waals surface area contributed by atoms with Gasteiger partial charge in [0.1, 0.15) is 0 Å². The van der Waals surface area contributed by atoms with Crippen LogP contribution in [0.2, 0.25) is 0 Å². The topological polar surface area (TPSA) is 70.0 Å². The van der Waals surface area contributed by atoms with E-state index in [1.807, 2.05) is 36.4 Å². The van der Waals surface area contributed by atoms with Crippen molar-refractivity contribution >= 4 is 10.0 Å². The Morgan fingerprint density at radius 1 is 1.44 bits per heavy atom. The summed E-state index contributed by atoms with van der Waals surface area (Å²) in [5.41, 5.74) is 1.15. The highest BCUT2D eigenvalue weighted by Gasteiger charge is 2.42. The number of benzene rings is 1. The van der Waals surface area contributed by atoms with Crippen LogP contribution in [0.25, 0.3) is 0 Å². The normalized spacial score (nSPS) is 24.2. The molecule has 0 saturated heterocycles. The molecule has 0 spiro atoms. The third-order valence-electron chi connectivity index (χ3n) is 3.22. The molecule has 1 aliphatic carbocycles. The number of hydrogen-bond donors (Lipinski definition) is 1. The summed E-state index contributed by atoms with van der Waals surface area (Å²) in [6.45, 7) is 1.70. The van der Waals surface area contributed by atoms with Crippen LogP contribution in [-0.2, 0) is 10.0 Å². The average Bonchev–Trinajstić information content (AvgIpc) is 3.10. The van der Waals surface area contributed by atoms with Gasteiger partial charge in [0.2, 0.25) is 10.0 Å². The summed E-state index contributed by atoms with van der Waals surface area (Å²) in [4.78, 5) is 0. The molecular weight excluding hydrogens is 248 g/mol. The molecule has 1 aliphatic rings. The van der Waals surface area contributed by atoms with Crippen molar-refractivity contribution in [1.82, 2.24) is 4.72 Å². The van der Waals surface area contributed by atoms with Crippen molar-refractivity contribution in [2.75, 3.05) is 0 Å². The molecule has 0 radical (unpaired) electrons. The van der Waals surface area contributed by atoms with E-state index in [-0.39, 0.29) is 12.0 Å². The summed E-state index contributed by atoms with van der Waals surface area (Å²) in [6.07, 6.45) is 1.12. The Morgan fingerprint density at radius 2 is 2.11 bits per heavy atom. The minimum atomic E-state index is -3.51. The third kappa shape index (κ3) is 2.71. The van der Waals surface area contributed by atoms with Crippen LogP contribution >= 0.6 is 0 Å². The molecule has 1 aromatic rings. The molecule has 0 amide bonds. The molecule has 1 aromatic carbocycles. The maximum Gasteiger partial charge on any atom is 0.228 e. The van der Waals surface area contributed by atoms with Gasteiger partial charge in [0.05, 0.1) is 6.07 Å². The van der Waals surface area contributed by atoms with Crippen LogP contribution in [0.1, 0.15) is 31.2 Å². The summed E-state index contributed by atoms with van der Waals surface area (Å²) < 4.78 is 26.4. The molecule has 0 aliphatic heterocycles. The lowest BCUT2D eigenvalue weighted by molar-refractivity contribution is 0.571. The minimum absolute atomic E-state index is 0.0557. The SMILES string of the molecule is CCC(C#N)S(=O)(=O)NC1CC1c1ccccc1. The Bertz CT molecular complexity index is 548. The fourth-order valence-electron chi connectivity index (χ4n) is 2.07. The first-order chi connectivity index (χ1) is 8.58. The van der Waals surface area contributed by atoms with Crippen molar-refractivity contribution in [3.63, 3.8) is 0 Å². The van der Waals surface area contributed by atoms with E-state index in [0.717, 1.165) is 12.0 Å². The van der Waals surface area contributed by atoms with Gasteiger partial charge in [0, 0.05) is 12.0 Å². The first-order valence-electron chi connectivity index (χ1n) is 6.04. The highest BCUT2D eigenvalue weighted by Crippen LogP contribution is 2.41. The molecule has 0 aromatic heterocycles.